The Morgan fingerprint density at radius 3 is 1.02 bits per heavy atom. The van der Waals surface area contributed by atoms with Gasteiger partial charge in [0, 0.05) is 97.8 Å². The number of rotatable bonds is 34. The maximum atomic E-state index is 11.6. The van der Waals surface area contributed by atoms with Crippen LogP contribution in [0.15, 0.2) is 150 Å². The van der Waals surface area contributed by atoms with Crippen LogP contribution in [0.2, 0.25) is 0 Å². The average Bonchev–Trinajstić information content (AvgIpc) is 3.71. The first-order chi connectivity index (χ1) is 42.4. The molecule has 0 amide bonds. The number of carboxylic acid groups (broad SMARTS) is 2. The highest BCUT2D eigenvalue weighted by molar-refractivity contribution is 6.19. The molecular formula is C60H70Cl2N12O14. The molecule has 0 saturated heterocycles. The van der Waals surface area contributed by atoms with Crippen molar-refractivity contribution in [3.8, 4) is 23.0 Å². The van der Waals surface area contributed by atoms with Crippen molar-refractivity contribution >= 4 is 103 Å². The lowest BCUT2D eigenvalue weighted by Crippen LogP contribution is -2.32. The van der Waals surface area contributed by atoms with Crippen LogP contribution in [0.5, 0.6) is 23.0 Å². The number of alkyl halides is 2. The van der Waals surface area contributed by atoms with Gasteiger partial charge in [0.1, 0.15) is 45.7 Å². The number of aliphatic hydroxyl groups excluding tert-OH is 2. The lowest BCUT2D eigenvalue weighted by Gasteiger charge is -2.27. The Labute approximate surface area is 518 Å². The van der Waals surface area contributed by atoms with Gasteiger partial charge in [0.05, 0.1) is 84.1 Å². The largest absolute Gasteiger partial charge is 0.491 e. The van der Waals surface area contributed by atoms with Gasteiger partial charge in [-0.25, -0.2) is 0 Å². The number of carboxylic acids is 2. The first-order valence-electron chi connectivity index (χ1n) is 27.9. The Hall–Kier alpha value is -9.24. The fourth-order valence-electron chi connectivity index (χ4n) is 8.23. The number of azo groups is 4. The quantitative estimate of drug-likeness (QED) is 0.0126. The first kappa shape index (κ1) is 69.5. The second kappa shape index (κ2) is 36.0. The van der Waals surface area contributed by atoms with E-state index in [0.717, 1.165) is 22.5 Å². The Kier molecular flexibility index (Phi) is 28.5. The van der Waals surface area contributed by atoms with E-state index >= 15 is 0 Å². The fourth-order valence-corrected chi connectivity index (χ4v) is 8.80. The molecule has 0 spiro atoms. The van der Waals surface area contributed by atoms with Crippen LogP contribution >= 0.6 is 23.2 Å². The van der Waals surface area contributed by atoms with E-state index in [0.29, 0.717) is 121 Å². The van der Waals surface area contributed by atoms with Crippen molar-refractivity contribution in [3.63, 3.8) is 0 Å². The smallest absolute Gasteiger partial charge is 0.307 e. The van der Waals surface area contributed by atoms with Crippen molar-refractivity contribution in [1.82, 2.24) is 0 Å². The summed E-state index contributed by atoms with van der Waals surface area (Å²) >= 11 is 11.7. The van der Waals surface area contributed by atoms with Crippen LogP contribution in [0, 0.1) is 45.9 Å². The van der Waals surface area contributed by atoms with Crippen molar-refractivity contribution in [2.45, 2.75) is 54.4 Å². The zero-order valence-corrected chi connectivity index (χ0v) is 51.0. The third-order valence-electron chi connectivity index (χ3n) is 12.9. The highest BCUT2D eigenvalue weighted by Crippen LogP contribution is 2.44. The minimum atomic E-state index is -0.995. The number of aliphatic hydroxyl groups is 2. The summed E-state index contributed by atoms with van der Waals surface area (Å²) in [4.78, 5) is 47.8. The maximum Gasteiger partial charge on any atom is 0.307 e. The highest BCUT2D eigenvalue weighted by Gasteiger charge is 2.22. The van der Waals surface area contributed by atoms with Crippen LogP contribution in [0.3, 0.4) is 0 Å². The monoisotopic (exact) mass is 1250 g/mol. The van der Waals surface area contributed by atoms with Gasteiger partial charge in [-0.15, -0.1) is 43.7 Å². The SMILES string of the molecule is CCOc1cc(N=Nc2ccc(N(CCC(CCl)C(=O)O)CCC(CCl)C(=O)O)cc2C)c(OCC)cc1N=Nc1ccc([N+](=O)[O-])cc1.CCOc1cc(N=Nc2ccc(N(CCO)CCO)cc2C)c(OCC)cc1N=Nc1ccc([N+](=O)[O-])cc1. The molecule has 26 nitrogen and oxygen atoms in total. The van der Waals surface area contributed by atoms with Crippen LogP contribution in [0.1, 0.15) is 51.7 Å². The summed E-state index contributed by atoms with van der Waals surface area (Å²) in [6.45, 7) is 14.0. The second-order valence-corrected chi connectivity index (χ2v) is 19.6. The molecule has 0 aliphatic heterocycles. The molecule has 88 heavy (non-hydrogen) atoms. The summed E-state index contributed by atoms with van der Waals surface area (Å²) in [5, 5.41) is 94.1. The van der Waals surface area contributed by atoms with Gasteiger partial charge in [-0.1, -0.05) is 0 Å². The van der Waals surface area contributed by atoms with E-state index in [-0.39, 0.29) is 49.2 Å². The number of carbonyl (C=O) groups is 2. The van der Waals surface area contributed by atoms with Crippen LogP contribution in [0.4, 0.5) is 68.2 Å². The van der Waals surface area contributed by atoms with E-state index in [1.54, 1.807) is 30.3 Å². The summed E-state index contributed by atoms with van der Waals surface area (Å²) < 4.78 is 23.2. The van der Waals surface area contributed by atoms with E-state index in [1.807, 2.05) is 81.7 Å². The molecule has 28 heteroatoms. The summed E-state index contributed by atoms with van der Waals surface area (Å²) in [5.74, 6) is -1.95. The van der Waals surface area contributed by atoms with Gasteiger partial charge in [-0.3, -0.25) is 29.8 Å². The standard InChI is InChI=1S/C33H38Cl2N6O8.C27H32N6O6/c1-4-48-30-18-29(31(49-5-2)17-28(30)38-36-24-6-8-25(9-7-24)41(46)47)39-37-27-11-10-26(16-21(27)3)40(14-12-22(19-34)32(42)43)15-13-23(20-35)33(44)45;1-4-38-26-18-25(31-29-23-11-10-22(16-19(23)3)32(12-14-34)13-15-35)27(39-5-2)17-24(26)30-28-20-6-8-21(9-7-20)33(36)37/h6-11,16-18,22-23H,4-5,12-15,19-20H2,1-3H3,(H,42,43)(H,44,45);6-11,16-18,34-35H,4-5,12-15H2,1-3H3. The topological polar surface area (TPSA) is 344 Å². The number of hydrogen-bond donors (Lipinski definition) is 4. The van der Waals surface area contributed by atoms with Gasteiger partial charge in [-0.2, -0.15) is 20.5 Å². The number of nitro benzene ring substituents is 2. The predicted octanol–water partition coefficient (Wildman–Crippen LogP) is 15.3. The van der Waals surface area contributed by atoms with E-state index in [2.05, 4.69) is 40.9 Å². The molecule has 6 aromatic carbocycles. The number of non-ortho nitro benzene ring substituents is 2. The van der Waals surface area contributed by atoms with Crippen molar-refractivity contribution in [2.24, 2.45) is 52.7 Å². The Morgan fingerprint density at radius 1 is 0.466 bits per heavy atom. The Morgan fingerprint density at radius 2 is 0.761 bits per heavy atom. The molecule has 0 radical (unpaired) electrons. The molecule has 0 heterocycles. The lowest BCUT2D eigenvalue weighted by atomic mass is 10.0. The third-order valence-corrected chi connectivity index (χ3v) is 13.6. The van der Waals surface area contributed by atoms with Gasteiger partial charge < -0.3 is 49.2 Å². The third kappa shape index (κ3) is 21.0. The van der Waals surface area contributed by atoms with Crippen molar-refractivity contribution in [3.05, 3.63) is 141 Å². The molecule has 0 fully saturated rings. The number of halogens is 2. The van der Waals surface area contributed by atoms with Gasteiger partial charge in [-0.05, 0) is 126 Å². The van der Waals surface area contributed by atoms with Crippen LogP contribution in [0.25, 0.3) is 0 Å². The molecule has 4 N–H and O–H groups in total. The van der Waals surface area contributed by atoms with Gasteiger partial charge in [0.25, 0.3) is 11.4 Å². The summed E-state index contributed by atoms with van der Waals surface area (Å²) in [6, 6.07) is 29.1. The minimum absolute atomic E-state index is 0.0215. The van der Waals surface area contributed by atoms with Crippen LogP contribution in [-0.2, 0) is 9.59 Å². The fraction of sp³-hybridized carbons (Fsp3) is 0.367. The zero-order valence-electron chi connectivity index (χ0n) is 49.4. The van der Waals surface area contributed by atoms with Crippen LogP contribution < -0.4 is 28.7 Å². The second-order valence-electron chi connectivity index (χ2n) is 19.0. The Bertz CT molecular complexity index is 3380. The molecule has 6 rings (SSSR count). The van der Waals surface area contributed by atoms with Crippen LogP contribution in [-0.4, -0.2) is 120 Å². The minimum Gasteiger partial charge on any atom is -0.491 e. The number of aliphatic carboxylic acids is 2. The number of hydrogen-bond acceptors (Lipinski definition) is 22. The number of nitrogens with zero attached hydrogens (tertiary/aromatic N) is 12. The van der Waals surface area contributed by atoms with Gasteiger partial charge in [0.15, 0.2) is 0 Å². The molecule has 0 aromatic heterocycles. The number of benzene rings is 6. The number of anilines is 2. The van der Waals surface area contributed by atoms with Crippen molar-refractivity contribution in [2.75, 3.05) is 87.4 Å². The first-order valence-corrected chi connectivity index (χ1v) is 29.0. The molecule has 0 bridgehead atoms. The van der Waals surface area contributed by atoms with Gasteiger partial charge in [0.2, 0.25) is 0 Å². The molecule has 0 aliphatic carbocycles. The molecule has 6 aromatic rings. The molecule has 2 unspecified atom stereocenters. The molecule has 0 aliphatic rings. The van der Waals surface area contributed by atoms with E-state index in [9.17, 15) is 50.2 Å². The Balaban J connectivity index is 0.000000329. The van der Waals surface area contributed by atoms with E-state index in [1.165, 1.54) is 48.5 Å². The van der Waals surface area contributed by atoms with Crippen molar-refractivity contribution in [1.29, 1.82) is 0 Å². The normalized spacial score (nSPS) is 12.0. The highest BCUT2D eigenvalue weighted by atomic mass is 35.5. The van der Waals surface area contributed by atoms with E-state index in [4.69, 9.17) is 42.1 Å². The molecular weight excluding hydrogens is 1180 g/mol. The molecule has 2 atom stereocenters. The average molecular weight is 1250 g/mol. The summed E-state index contributed by atoms with van der Waals surface area (Å²) in [6.07, 6.45) is 0.535. The summed E-state index contributed by atoms with van der Waals surface area (Å²) in [5.41, 5.74) is 6.82. The molecule has 0 saturated carbocycles. The zero-order chi connectivity index (χ0) is 64.1. The molecule has 468 valence electrons. The maximum absolute atomic E-state index is 11.6. The van der Waals surface area contributed by atoms with E-state index < -0.39 is 33.6 Å². The number of nitro groups is 2. The van der Waals surface area contributed by atoms with Crippen molar-refractivity contribution < 1.29 is 58.8 Å². The van der Waals surface area contributed by atoms with Gasteiger partial charge >= 0.3 is 11.9 Å². The lowest BCUT2D eigenvalue weighted by molar-refractivity contribution is -0.385. The number of aryl methyl sites for hydroxylation is 2. The summed E-state index contributed by atoms with van der Waals surface area (Å²) in [7, 11) is 0. The number of ether oxygens (including phenoxy) is 4. The predicted molar refractivity (Wildman–Crippen MR) is 334 cm³/mol.